The normalized spacial score (nSPS) is 28.1. The van der Waals surface area contributed by atoms with Crippen LogP contribution in [0.5, 0.6) is 5.75 Å². The van der Waals surface area contributed by atoms with Gasteiger partial charge in [-0.1, -0.05) is 0 Å². The topological polar surface area (TPSA) is 38.3 Å². The number of carbonyl (C=O) groups excluding carboxylic acids is 1. The van der Waals surface area contributed by atoms with Crippen molar-refractivity contribution in [3.05, 3.63) is 24.3 Å². The molecule has 2 fully saturated rings. The van der Waals surface area contributed by atoms with Crippen molar-refractivity contribution >= 4 is 11.6 Å². The van der Waals surface area contributed by atoms with E-state index in [1.165, 1.54) is 18.6 Å². The average Bonchev–Trinajstić information content (AvgIpc) is 2.98. The number of anilines is 1. The number of fused-ring (bicyclic) bond motifs is 1. The van der Waals surface area contributed by atoms with Gasteiger partial charge in [-0.25, -0.2) is 0 Å². The summed E-state index contributed by atoms with van der Waals surface area (Å²) >= 11 is 0. The Balaban J connectivity index is 1.55. The number of ether oxygens (including phenoxy) is 1. The van der Waals surface area contributed by atoms with E-state index in [4.69, 9.17) is 0 Å². The smallest absolute Gasteiger partial charge is 0.387 e. The molecule has 2 aliphatic carbocycles. The number of rotatable bonds is 4. The van der Waals surface area contributed by atoms with E-state index in [2.05, 4.69) is 10.1 Å². The second-order valence-electron chi connectivity index (χ2n) is 5.32. The molecule has 0 spiro atoms. The lowest BCUT2D eigenvalue weighted by Crippen LogP contribution is -2.21. The maximum Gasteiger partial charge on any atom is 0.387 e. The molecule has 0 bridgehead atoms. The van der Waals surface area contributed by atoms with Gasteiger partial charge in [-0.15, -0.1) is 0 Å². The van der Waals surface area contributed by atoms with E-state index in [0.29, 0.717) is 5.69 Å². The van der Waals surface area contributed by atoms with E-state index < -0.39 is 6.61 Å². The van der Waals surface area contributed by atoms with Gasteiger partial charge in [0.2, 0.25) is 5.91 Å². The minimum absolute atomic E-state index is 0.0368. The molecule has 2 unspecified atom stereocenters. The monoisotopic (exact) mass is 267 g/mol. The number of nitrogens with one attached hydrogen (secondary N) is 1. The molecule has 1 aromatic rings. The maximum absolute atomic E-state index is 12.0. The molecule has 3 rings (SSSR count). The van der Waals surface area contributed by atoms with Crippen LogP contribution >= 0.6 is 0 Å². The molecule has 1 aromatic carbocycles. The summed E-state index contributed by atoms with van der Waals surface area (Å²) < 4.78 is 28.2. The molecule has 2 saturated carbocycles. The lowest BCUT2D eigenvalue weighted by Gasteiger charge is -2.12. The van der Waals surface area contributed by atoms with Gasteiger partial charge in [-0.2, -0.15) is 8.78 Å². The van der Waals surface area contributed by atoms with E-state index in [1.807, 2.05) is 0 Å². The van der Waals surface area contributed by atoms with Crippen molar-refractivity contribution < 1.29 is 18.3 Å². The summed E-state index contributed by atoms with van der Waals surface area (Å²) in [5.41, 5.74) is 0.618. The first-order chi connectivity index (χ1) is 9.11. The number of alkyl halides is 2. The first kappa shape index (κ1) is 12.4. The van der Waals surface area contributed by atoms with Crippen LogP contribution in [0.25, 0.3) is 0 Å². The van der Waals surface area contributed by atoms with E-state index in [1.54, 1.807) is 12.1 Å². The van der Waals surface area contributed by atoms with Crippen LogP contribution in [0.3, 0.4) is 0 Å². The molecule has 2 aliphatic rings. The van der Waals surface area contributed by atoms with Crippen LogP contribution in [0, 0.1) is 17.8 Å². The Morgan fingerprint density at radius 1 is 1.16 bits per heavy atom. The lowest BCUT2D eigenvalue weighted by molar-refractivity contribution is -0.120. The van der Waals surface area contributed by atoms with E-state index in [9.17, 15) is 13.6 Å². The van der Waals surface area contributed by atoms with Crippen molar-refractivity contribution in [2.45, 2.75) is 25.9 Å². The second-order valence-corrected chi connectivity index (χ2v) is 5.32. The highest BCUT2D eigenvalue weighted by Gasteiger charge is 2.47. The summed E-state index contributed by atoms with van der Waals surface area (Å²) in [5, 5.41) is 2.82. The number of halogens is 2. The van der Waals surface area contributed by atoms with Crippen LogP contribution in [0.2, 0.25) is 0 Å². The van der Waals surface area contributed by atoms with Gasteiger partial charge in [-0.05, 0) is 55.4 Å². The number of amides is 1. The molecule has 2 atom stereocenters. The lowest BCUT2D eigenvalue weighted by atomic mass is 10.0. The molecular weight excluding hydrogens is 252 g/mol. The highest BCUT2D eigenvalue weighted by atomic mass is 19.3. The standard InChI is InChI=1S/C14H15F2NO2/c15-14(16)19-12-3-1-11(2-4-12)17-13(18)10-6-8-5-9(8)7-10/h1-4,8-10,14H,5-7H2,(H,17,18). The molecule has 1 N–H and O–H groups in total. The van der Waals surface area contributed by atoms with Crippen molar-refractivity contribution in [2.24, 2.45) is 17.8 Å². The van der Waals surface area contributed by atoms with Crippen molar-refractivity contribution in [3.8, 4) is 5.75 Å². The van der Waals surface area contributed by atoms with Crippen LogP contribution in [0.4, 0.5) is 14.5 Å². The summed E-state index contributed by atoms with van der Waals surface area (Å²) in [5.74, 6) is 1.76. The Morgan fingerprint density at radius 2 is 1.79 bits per heavy atom. The summed E-state index contributed by atoms with van der Waals surface area (Å²) in [6, 6.07) is 6.00. The molecule has 0 saturated heterocycles. The van der Waals surface area contributed by atoms with Crippen molar-refractivity contribution in [1.82, 2.24) is 0 Å². The molecule has 0 aliphatic heterocycles. The van der Waals surface area contributed by atoms with Crippen molar-refractivity contribution in [1.29, 1.82) is 0 Å². The molecule has 1 amide bonds. The number of carbonyl (C=O) groups is 1. The van der Waals surface area contributed by atoms with Gasteiger partial charge in [0.05, 0.1) is 0 Å². The molecule has 5 heteroatoms. The van der Waals surface area contributed by atoms with Crippen LogP contribution in [0.1, 0.15) is 19.3 Å². The minimum atomic E-state index is -2.83. The highest BCUT2D eigenvalue weighted by Crippen LogP contribution is 2.54. The van der Waals surface area contributed by atoms with E-state index in [0.717, 1.165) is 24.7 Å². The molecule has 19 heavy (non-hydrogen) atoms. The van der Waals surface area contributed by atoms with Crippen molar-refractivity contribution in [2.75, 3.05) is 5.32 Å². The fraction of sp³-hybridized carbons (Fsp3) is 0.500. The summed E-state index contributed by atoms with van der Waals surface area (Å²) in [7, 11) is 0. The zero-order valence-corrected chi connectivity index (χ0v) is 10.3. The predicted octanol–water partition coefficient (Wildman–Crippen LogP) is 3.27. The van der Waals surface area contributed by atoms with Crippen LogP contribution in [-0.2, 0) is 4.79 Å². The van der Waals surface area contributed by atoms with Gasteiger partial charge < -0.3 is 10.1 Å². The van der Waals surface area contributed by atoms with Crippen molar-refractivity contribution in [3.63, 3.8) is 0 Å². The Kier molecular flexibility index (Phi) is 3.12. The minimum Gasteiger partial charge on any atom is -0.435 e. The largest absolute Gasteiger partial charge is 0.435 e. The number of benzene rings is 1. The Labute approximate surface area is 109 Å². The number of hydrogen-bond donors (Lipinski definition) is 1. The summed E-state index contributed by atoms with van der Waals surface area (Å²) in [4.78, 5) is 12.0. The van der Waals surface area contributed by atoms with Gasteiger partial charge in [-0.3, -0.25) is 4.79 Å². The third-order valence-corrected chi connectivity index (χ3v) is 3.96. The molecule has 0 aromatic heterocycles. The second kappa shape index (κ2) is 4.79. The quantitative estimate of drug-likeness (QED) is 0.909. The molecule has 0 radical (unpaired) electrons. The Bertz CT molecular complexity index is 465. The molecule has 0 heterocycles. The molecular formula is C14H15F2NO2. The van der Waals surface area contributed by atoms with Gasteiger partial charge in [0.1, 0.15) is 5.75 Å². The zero-order valence-electron chi connectivity index (χ0n) is 10.3. The Morgan fingerprint density at radius 3 is 2.37 bits per heavy atom. The van der Waals surface area contributed by atoms with Gasteiger partial charge in [0.25, 0.3) is 0 Å². The maximum atomic E-state index is 12.0. The molecule has 102 valence electrons. The van der Waals surface area contributed by atoms with E-state index >= 15 is 0 Å². The van der Waals surface area contributed by atoms with Crippen LogP contribution in [0.15, 0.2) is 24.3 Å². The zero-order chi connectivity index (χ0) is 13.4. The third kappa shape index (κ3) is 2.85. The fourth-order valence-electron chi connectivity index (χ4n) is 2.89. The highest BCUT2D eigenvalue weighted by molar-refractivity contribution is 5.92. The Hall–Kier alpha value is -1.65. The summed E-state index contributed by atoms with van der Waals surface area (Å²) in [6.45, 7) is -2.83. The molecule has 3 nitrogen and oxygen atoms in total. The van der Waals surface area contributed by atoms with E-state index in [-0.39, 0.29) is 17.6 Å². The van der Waals surface area contributed by atoms with Gasteiger partial charge in [0.15, 0.2) is 0 Å². The van der Waals surface area contributed by atoms with Crippen LogP contribution in [-0.4, -0.2) is 12.5 Å². The SMILES string of the molecule is O=C(Nc1ccc(OC(F)F)cc1)C1CC2CC2C1. The first-order valence-electron chi connectivity index (χ1n) is 6.47. The average molecular weight is 267 g/mol. The fourth-order valence-corrected chi connectivity index (χ4v) is 2.89. The van der Waals surface area contributed by atoms with Gasteiger partial charge >= 0.3 is 6.61 Å². The third-order valence-electron chi connectivity index (χ3n) is 3.96. The summed E-state index contributed by atoms with van der Waals surface area (Å²) in [6.07, 6.45) is 3.26. The number of hydrogen-bond acceptors (Lipinski definition) is 2. The van der Waals surface area contributed by atoms with Crippen LogP contribution < -0.4 is 10.1 Å². The first-order valence-corrected chi connectivity index (χ1v) is 6.47. The predicted molar refractivity (Wildman–Crippen MR) is 66.0 cm³/mol. The van der Waals surface area contributed by atoms with Gasteiger partial charge in [0, 0.05) is 11.6 Å².